The van der Waals surface area contributed by atoms with Gasteiger partial charge in [-0.15, -0.1) is 5.10 Å². The standard InChI is InChI=1S/C21H22ClN7OS/c1-13-14(2)28(16-7-3-4-8-16)20(18(13)11-23)24-19(30)12-31-21-25-26-27-29(21)17-9-5-6-15(22)10-17/h5-6,9-10,16H,3-4,7-8,12H2,1-2H3,(H,24,30). The number of nitrogens with one attached hydrogen (secondary N) is 1. The van der Waals surface area contributed by atoms with Gasteiger partial charge in [0.25, 0.3) is 0 Å². The van der Waals surface area contributed by atoms with Crippen LogP contribution in [-0.2, 0) is 4.79 Å². The molecule has 1 saturated carbocycles. The van der Waals surface area contributed by atoms with Gasteiger partial charge in [0.2, 0.25) is 11.1 Å². The molecule has 0 aliphatic heterocycles. The van der Waals surface area contributed by atoms with E-state index >= 15 is 0 Å². The number of aromatic nitrogens is 5. The minimum atomic E-state index is -0.209. The smallest absolute Gasteiger partial charge is 0.235 e. The highest BCUT2D eigenvalue weighted by Crippen LogP contribution is 2.37. The number of amides is 1. The maximum atomic E-state index is 12.8. The van der Waals surface area contributed by atoms with E-state index in [-0.39, 0.29) is 11.7 Å². The van der Waals surface area contributed by atoms with Crippen LogP contribution in [0.4, 0.5) is 5.82 Å². The maximum Gasteiger partial charge on any atom is 0.235 e. The number of thioether (sulfide) groups is 1. The van der Waals surface area contributed by atoms with Crippen molar-refractivity contribution in [2.45, 2.75) is 50.7 Å². The number of tetrazole rings is 1. The fourth-order valence-corrected chi connectivity index (χ4v) is 4.92. The molecule has 0 radical (unpaired) electrons. The van der Waals surface area contributed by atoms with Crippen LogP contribution in [0.5, 0.6) is 0 Å². The quantitative estimate of drug-likeness (QED) is 0.551. The Labute approximate surface area is 189 Å². The lowest BCUT2D eigenvalue weighted by Crippen LogP contribution is -2.20. The molecule has 2 aromatic heterocycles. The summed E-state index contributed by atoms with van der Waals surface area (Å²) in [6.45, 7) is 3.95. The van der Waals surface area contributed by atoms with Crippen LogP contribution < -0.4 is 5.32 Å². The number of nitrogens with zero attached hydrogens (tertiary/aromatic N) is 6. The molecule has 3 aromatic rings. The van der Waals surface area contributed by atoms with E-state index in [4.69, 9.17) is 11.6 Å². The molecule has 1 aliphatic carbocycles. The number of anilines is 1. The number of carbonyl (C=O) groups is 1. The lowest BCUT2D eigenvalue weighted by Gasteiger charge is -2.19. The van der Waals surface area contributed by atoms with Crippen LogP contribution in [0.3, 0.4) is 0 Å². The van der Waals surface area contributed by atoms with Gasteiger partial charge in [-0.25, -0.2) is 0 Å². The number of nitriles is 1. The van der Waals surface area contributed by atoms with Crippen molar-refractivity contribution in [1.29, 1.82) is 5.26 Å². The lowest BCUT2D eigenvalue weighted by atomic mass is 10.2. The Kier molecular flexibility index (Phi) is 6.30. The van der Waals surface area contributed by atoms with Gasteiger partial charge in [0.15, 0.2) is 0 Å². The van der Waals surface area contributed by atoms with Crippen LogP contribution in [0, 0.1) is 25.2 Å². The molecule has 1 amide bonds. The summed E-state index contributed by atoms with van der Waals surface area (Å²) in [5.74, 6) is 0.503. The van der Waals surface area contributed by atoms with Crippen LogP contribution in [0.2, 0.25) is 5.02 Å². The largest absolute Gasteiger partial charge is 0.327 e. The molecule has 160 valence electrons. The van der Waals surface area contributed by atoms with Crippen molar-refractivity contribution in [1.82, 2.24) is 24.8 Å². The molecule has 1 aliphatic rings. The lowest BCUT2D eigenvalue weighted by molar-refractivity contribution is -0.113. The zero-order chi connectivity index (χ0) is 22.0. The van der Waals surface area contributed by atoms with Crippen molar-refractivity contribution >= 4 is 35.1 Å². The van der Waals surface area contributed by atoms with Gasteiger partial charge in [-0.2, -0.15) is 9.94 Å². The van der Waals surface area contributed by atoms with Crippen molar-refractivity contribution in [3.63, 3.8) is 0 Å². The predicted octanol–water partition coefficient (Wildman–Crippen LogP) is 4.45. The summed E-state index contributed by atoms with van der Waals surface area (Å²) in [5.41, 5.74) is 3.21. The molecule has 0 atom stereocenters. The zero-order valence-corrected chi connectivity index (χ0v) is 18.9. The Balaban J connectivity index is 1.52. The third-order valence-electron chi connectivity index (χ3n) is 5.64. The van der Waals surface area contributed by atoms with Gasteiger partial charge < -0.3 is 9.88 Å². The van der Waals surface area contributed by atoms with Crippen LogP contribution >= 0.6 is 23.4 Å². The molecule has 10 heteroatoms. The average Bonchev–Trinajstić information content (AvgIpc) is 3.48. The summed E-state index contributed by atoms with van der Waals surface area (Å²) in [7, 11) is 0. The normalized spacial score (nSPS) is 14.0. The van der Waals surface area contributed by atoms with Crippen molar-refractivity contribution < 1.29 is 4.79 Å². The molecular weight excluding hydrogens is 434 g/mol. The Morgan fingerprint density at radius 2 is 2.13 bits per heavy atom. The van der Waals surface area contributed by atoms with E-state index in [2.05, 4.69) is 31.5 Å². The number of hydrogen-bond acceptors (Lipinski definition) is 6. The van der Waals surface area contributed by atoms with Gasteiger partial charge in [0.05, 0.1) is 17.0 Å². The molecule has 31 heavy (non-hydrogen) atoms. The minimum absolute atomic E-state index is 0.111. The van der Waals surface area contributed by atoms with Crippen molar-refractivity contribution in [3.8, 4) is 11.8 Å². The fraction of sp³-hybridized carbons (Fsp3) is 0.381. The van der Waals surface area contributed by atoms with Crippen LogP contribution in [-0.4, -0.2) is 36.4 Å². The molecule has 0 unspecified atom stereocenters. The summed E-state index contributed by atoms with van der Waals surface area (Å²) in [4.78, 5) is 12.8. The highest BCUT2D eigenvalue weighted by Gasteiger charge is 2.26. The second-order valence-corrected chi connectivity index (χ2v) is 8.92. The van der Waals surface area contributed by atoms with E-state index < -0.39 is 0 Å². The van der Waals surface area contributed by atoms with Crippen molar-refractivity contribution in [2.75, 3.05) is 11.1 Å². The molecule has 4 rings (SSSR count). The maximum absolute atomic E-state index is 12.8. The topological polar surface area (TPSA) is 101 Å². The van der Waals surface area contributed by atoms with Crippen LogP contribution in [0.1, 0.15) is 48.5 Å². The number of halogens is 1. The Morgan fingerprint density at radius 1 is 1.35 bits per heavy atom. The summed E-state index contributed by atoms with van der Waals surface area (Å²) < 4.78 is 3.68. The Bertz CT molecular complexity index is 1160. The molecular formula is C21H22ClN7OS. The van der Waals surface area contributed by atoms with Crippen LogP contribution in [0.25, 0.3) is 5.69 Å². The highest BCUT2D eigenvalue weighted by atomic mass is 35.5. The summed E-state index contributed by atoms with van der Waals surface area (Å²) in [6.07, 6.45) is 4.45. The zero-order valence-electron chi connectivity index (χ0n) is 17.3. The molecule has 0 bridgehead atoms. The van der Waals surface area contributed by atoms with Crippen molar-refractivity contribution in [3.05, 3.63) is 46.1 Å². The SMILES string of the molecule is Cc1c(C#N)c(NC(=O)CSc2nnnn2-c2cccc(Cl)c2)n(C2CCCC2)c1C. The van der Waals surface area contributed by atoms with Gasteiger partial charge in [-0.3, -0.25) is 4.79 Å². The number of carbonyl (C=O) groups excluding carboxylic acids is 1. The molecule has 2 heterocycles. The monoisotopic (exact) mass is 455 g/mol. The van der Waals surface area contributed by atoms with Crippen molar-refractivity contribution in [2.24, 2.45) is 0 Å². The van der Waals surface area contributed by atoms with E-state index in [1.807, 2.05) is 26.0 Å². The van der Waals surface area contributed by atoms with E-state index in [0.29, 0.717) is 33.3 Å². The first-order valence-corrected chi connectivity index (χ1v) is 11.4. The first-order chi connectivity index (χ1) is 15.0. The van der Waals surface area contributed by atoms with E-state index in [1.54, 1.807) is 16.8 Å². The molecule has 0 saturated heterocycles. The van der Waals surface area contributed by atoms with E-state index in [1.165, 1.54) is 24.6 Å². The number of rotatable bonds is 6. The Morgan fingerprint density at radius 3 is 2.84 bits per heavy atom. The minimum Gasteiger partial charge on any atom is -0.327 e. The van der Waals surface area contributed by atoms with Gasteiger partial charge in [0, 0.05) is 16.8 Å². The van der Waals surface area contributed by atoms with Gasteiger partial charge in [-0.05, 0) is 60.9 Å². The second-order valence-electron chi connectivity index (χ2n) is 7.54. The third kappa shape index (κ3) is 4.31. The highest BCUT2D eigenvalue weighted by molar-refractivity contribution is 7.99. The third-order valence-corrected chi connectivity index (χ3v) is 6.80. The molecule has 1 aromatic carbocycles. The molecule has 1 fully saturated rings. The Hall–Kier alpha value is -2.83. The number of hydrogen-bond donors (Lipinski definition) is 1. The van der Waals surface area contributed by atoms with E-state index in [0.717, 1.165) is 24.1 Å². The average molecular weight is 456 g/mol. The van der Waals surface area contributed by atoms with Gasteiger partial charge in [-0.1, -0.05) is 42.3 Å². The first kappa shape index (κ1) is 21.4. The molecule has 8 nitrogen and oxygen atoms in total. The first-order valence-electron chi connectivity index (χ1n) is 10.1. The number of benzene rings is 1. The predicted molar refractivity (Wildman–Crippen MR) is 120 cm³/mol. The second kappa shape index (κ2) is 9.12. The van der Waals surface area contributed by atoms with Gasteiger partial charge >= 0.3 is 0 Å². The summed E-state index contributed by atoms with van der Waals surface area (Å²) >= 11 is 7.29. The molecule has 1 N–H and O–H groups in total. The fourth-order valence-electron chi connectivity index (χ4n) is 4.04. The summed E-state index contributed by atoms with van der Waals surface area (Å²) in [5, 5.41) is 25.5. The van der Waals surface area contributed by atoms with Crippen LogP contribution in [0.15, 0.2) is 29.4 Å². The van der Waals surface area contributed by atoms with Gasteiger partial charge in [0.1, 0.15) is 11.9 Å². The summed E-state index contributed by atoms with van der Waals surface area (Å²) in [6, 6.07) is 9.76. The van der Waals surface area contributed by atoms with E-state index in [9.17, 15) is 10.1 Å². The molecule has 0 spiro atoms.